The second kappa shape index (κ2) is 12.8. The van der Waals surface area contributed by atoms with E-state index in [0.29, 0.717) is 13.0 Å². The Morgan fingerprint density at radius 1 is 0.912 bits per heavy atom. The molecule has 0 aliphatic heterocycles. The first-order valence-electron chi connectivity index (χ1n) is 12.2. The summed E-state index contributed by atoms with van der Waals surface area (Å²) in [5.74, 6) is 0.986. The van der Waals surface area contributed by atoms with Gasteiger partial charge in [0, 0.05) is 12.8 Å². The maximum atomic E-state index is 10.8. The summed E-state index contributed by atoms with van der Waals surface area (Å²) < 4.78 is 12.3. The first kappa shape index (κ1) is 25.4. The van der Waals surface area contributed by atoms with Gasteiger partial charge in [0.15, 0.2) is 0 Å². The molecular weight excluding hydrogens is 424 g/mol. The molecule has 0 radical (unpaired) electrons. The van der Waals surface area contributed by atoms with Crippen LogP contribution in [0.3, 0.4) is 0 Å². The molecule has 1 N–H and O–H groups in total. The van der Waals surface area contributed by atoms with Crippen molar-refractivity contribution in [1.82, 2.24) is 0 Å². The summed E-state index contributed by atoms with van der Waals surface area (Å²) in [6.45, 7) is 6.81. The summed E-state index contributed by atoms with van der Waals surface area (Å²) in [6, 6.07) is 23.0. The van der Waals surface area contributed by atoms with Crippen molar-refractivity contribution < 1.29 is 19.4 Å². The van der Waals surface area contributed by atoms with Crippen molar-refractivity contribution >= 4 is 5.97 Å². The van der Waals surface area contributed by atoms with Crippen molar-refractivity contribution in [2.45, 2.75) is 65.4 Å². The van der Waals surface area contributed by atoms with Gasteiger partial charge in [0.1, 0.15) is 11.5 Å². The Kier molecular flexibility index (Phi) is 9.57. The topological polar surface area (TPSA) is 55.8 Å². The highest BCUT2D eigenvalue weighted by Crippen LogP contribution is 2.25. The molecule has 0 fully saturated rings. The highest BCUT2D eigenvalue weighted by atomic mass is 16.5. The first-order chi connectivity index (χ1) is 16.4. The highest BCUT2D eigenvalue weighted by molar-refractivity contribution is 5.67. The number of aryl methyl sites for hydroxylation is 5. The Labute approximate surface area is 203 Å². The minimum Gasteiger partial charge on any atom is -0.493 e. The predicted molar refractivity (Wildman–Crippen MR) is 137 cm³/mol. The molecule has 0 amide bonds. The number of benzene rings is 3. The molecule has 0 heterocycles. The lowest BCUT2D eigenvalue weighted by atomic mass is 10.0. The molecular formula is C30H36O4. The van der Waals surface area contributed by atoms with E-state index in [0.717, 1.165) is 48.3 Å². The number of carboxylic acid groups (broad SMARTS) is 1. The summed E-state index contributed by atoms with van der Waals surface area (Å²) in [5, 5.41) is 8.88. The average Bonchev–Trinajstić information content (AvgIpc) is 2.83. The molecule has 3 aromatic rings. The molecule has 0 saturated heterocycles. The Bertz CT molecular complexity index is 1060. The fourth-order valence-corrected chi connectivity index (χ4v) is 3.99. The van der Waals surface area contributed by atoms with Crippen molar-refractivity contribution in [2.24, 2.45) is 0 Å². The van der Waals surface area contributed by atoms with E-state index < -0.39 is 5.97 Å². The number of hydrogen-bond acceptors (Lipinski definition) is 3. The Balaban J connectivity index is 1.53. The highest BCUT2D eigenvalue weighted by Gasteiger charge is 2.11. The van der Waals surface area contributed by atoms with Crippen LogP contribution >= 0.6 is 0 Å². The van der Waals surface area contributed by atoms with E-state index >= 15 is 0 Å². The standard InChI is InChI=1S/C30H36O4/c1-4-24-11-16-29(27(21-24)12-10-25-8-6-5-7-9-25)34-23(3)18-19-33-28-15-13-26(22(2)20-28)14-17-30(31)32/h5-9,11,13,15-16,20-21,23H,4,10,12,14,17-19H2,1-3H3,(H,31,32). The first-order valence-corrected chi connectivity index (χ1v) is 12.2. The second-order valence-corrected chi connectivity index (χ2v) is 8.83. The monoisotopic (exact) mass is 460 g/mol. The van der Waals surface area contributed by atoms with E-state index in [1.54, 1.807) is 0 Å². The van der Waals surface area contributed by atoms with Crippen molar-refractivity contribution in [1.29, 1.82) is 0 Å². The van der Waals surface area contributed by atoms with Crippen LogP contribution in [0.25, 0.3) is 0 Å². The van der Waals surface area contributed by atoms with Gasteiger partial charge in [-0.2, -0.15) is 0 Å². The van der Waals surface area contributed by atoms with E-state index in [2.05, 4.69) is 62.4 Å². The summed E-state index contributed by atoms with van der Waals surface area (Å²) in [5.41, 5.74) is 6.02. The van der Waals surface area contributed by atoms with Gasteiger partial charge in [-0.1, -0.05) is 55.5 Å². The van der Waals surface area contributed by atoms with E-state index in [1.165, 1.54) is 16.7 Å². The number of rotatable bonds is 13. The number of carbonyl (C=O) groups is 1. The number of ether oxygens (including phenoxy) is 2. The van der Waals surface area contributed by atoms with Crippen LogP contribution in [0, 0.1) is 6.92 Å². The molecule has 0 spiro atoms. The Morgan fingerprint density at radius 2 is 1.71 bits per heavy atom. The molecule has 3 aromatic carbocycles. The third-order valence-electron chi connectivity index (χ3n) is 6.10. The van der Waals surface area contributed by atoms with Gasteiger partial charge in [0.2, 0.25) is 0 Å². The van der Waals surface area contributed by atoms with Gasteiger partial charge < -0.3 is 14.6 Å². The van der Waals surface area contributed by atoms with E-state index in [1.807, 2.05) is 25.1 Å². The van der Waals surface area contributed by atoms with Gasteiger partial charge in [0.05, 0.1) is 12.7 Å². The maximum absolute atomic E-state index is 10.8. The smallest absolute Gasteiger partial charge is 0.303 e. The summed E-state index contributed by atoms with van der Waals surface area (Å²) >= 11 is 0. The van der Waals surface area contributed by atoms with Gasteiger partial charge in [-0.15, -0.1) is 0 Å². The zero-order valence-corrected chi connectivity index (χ0v) is 20.5. The second-order valence-electron chi connectivity index (χ2n) is 8.83. The molecule has 0 aliphatic carbocycles. The van der Waals surface area contributed by atoms with Crippen LogP contribution in [-0.4, -0.2) is 23.8 Å². The molecule has 3 rings (SSSR count). The lowest BCUT2D eigenvalue weighted by molar-refractivity contribution is -0.136. The van der Waals surface area contributed by atoms with E-state index in [9.17, 15) is 4.79 Å². The molecule has 4 heteroatoms. The largest absolute Gasteiger partial charge is 0.493 e. The summed E-state index contributed by atoms with van der Waals surface area (Å²) in [4.78, 5) is 10.8. The molecule has 0 aromatic heterocycles. The van der Waals surface area contributed by atoms with Gasteiger partial charge in [0.25, 0.3) is 0 Å². The van der Waals surface area contributed by atoms with E-state index in [4.69, 9.17) is 14.6 Å². The normalized spacial score (nSPS) is 11.7. The molecule has 4 nitrogen and oxygen atoms in total. The van der Waals surface area contributed by atoms with Crippen molar-refractivity contribution in [2.75, 3.05) is 6.61 Å². The van der Waals surface area contributed by atoms with Gasteiger partial charge in [-0.3, -0.25) is 4.79 Å². The lowest BCUT2D eigenvalue weighted by Crippen LogP contribution is -2.17. The van der Waals surface area contributed by atoms with Crippen LogP contribution in [0.15, 0.2) is 66.7 Å². The molecule has 180 valence electrons. The van der Waals surface area contributed by atoms with Crippen molar-refractivity contribution in [3.63, 3.8) is 0 Å². The van der Waals surface area contributed by atoms with Crippen LogP contribution in [-0.2, 0) is 30.5 Å². The number of hydrogen-bond donors (Lipinski definition) is 1. The minimum atomic E-state index is -0.777. The van der Waals surface area contributed by atoms with E-state index in [-0.39, 0.29) is 12.5 Å². The third-order valence-corrected chi connectivity index (χ3v) is 6.10. The average molecular weight is 461 g/mol. The van der Waals surface area contributed by atoms with Gasteiger partial charge in [-0.05, 0) is 85.5 Å². The third kappa shape index (κ3) is 7.95. The van der Waals surface area contributed by atoms with Crippen molar-refractivity contribution in [3.05, 3.63) is 94.5 Å². The van der Waals surface area contributed by atoms with Crippen molar-refractivity contribution in [3.8, 4) is 11.5 Å². The molecule has 0 aliphatic rings. The van der Waals surface area contributed by atoms with Gasteiger partial charge in [-0.25, -0.2) is 0 Å². The zero-order chi connectivity index (χ0) is 24.3. The molecule has 0 saturated carbocycles. The maximum Gasteiger partial charge on any atom is 0.303 e. The molecule has 34 heavy (non-hydrogen) atoms. The number of aliphatic carboxylic acids is 1. The van der Waals surface area contributed by atoms with Crippen LogP contribution in [0.1, 0.15) is 54.5 Å². The summed E-state index contributed by atoms with van der Waals surface area (Å²) in [6.07, 6.45) is 4.43. The quantitative estimate of drug-likeness (QED) is 0.312. The minimum absolute atomic E-state index is 0.0267. The number of carboxylic acids is 1. The molecule has 1 atom stereocenters. The fraction of sp³-hybridized carbons (Fsp3) is 0.367. The fourth-order valence-electron chi connectivity index (χ4n) is 3.99. The van der Waals surface area contributed by atoms with Crippen LogP contribution in [0.2, 0.25) is 0 Å². The molecule has 0 bridgehead atoms. The summed E-state index contributed by atoms with van der Waals surface area (Å²) in [7, 11) is 0. The van der Waals surface area contributed by atoms with Crippen LogP contribution < -0.4 is 9.47 Å². The van der Waals surface area contributed by atoms with Gasteiger partial charge >= 0.3 is 5.97 Å². The Hall–Kier alpha value is -3.27. The Morgan fingerprint density at radius 3 is 2.41 bits per heavy atom. The van der Waals surface area contributed by atoms with Crippen LogP contribution in [0.4, 0.5) is 0 Å². The SMILES string of the molecule is CCc1ccc(OC(C)CCOc2ccc(CCC(=O)O)c(C)c2)c(CCc2ccccc2)c1. The molecule has 1 unspecified atom stereocenters. The predicted octanol–water partition coefficient (Wildman–Crippen LogP) is 6.60. The lowest BCUT2D eigenvalue weighted by Gasteiger charge is -2.19. The van der Waals surface area contributed by atoms with Crippen LogP contribution in [0.5, 0.6) is 11.5 Å². The zero-order valence-electron chi connectivity index (χ0n) is 20.5.